The lowest BCUT2D eigenvalue weighted by Gasteiger charge is -1.95. The molecule has 0 amide bonds. The highest BCUT2D eigenvalue weighted by atomic mass is 16.5. The van der Waals surface area contributed by atoms with Gasteiger partial charge in [-0.3, -0.25) is 10.7 Å². The molecule has 0 atom stereocenters. The van der Waals surface area contributed by atoms with E-state index in [2.05, 4.69) is 10.5 Å². The van der Waals surface area contributed by atoms with Crippen LogP contribution in [0.4, 0.5) is 5.69 Å². The molecule has 3 nitrogen and oxygen atoms in total. The van der Waals surface area contributed by atoms with E-state index in [-0.39, 0.29) is 0 Å². The Bertz CT molecular complexity index is 406. The molecule has 0 radical (unpaired) electrons. The minimum Gasteiger partial charge on any atom is -0.359 e. The quantitative estimate of drug-likeness (QED) is 0.563. The van der Waals surface area contributed by atoms with Crippen LogP contribution in [0, 0.1) is 6.92 Å². The summed E-state index contributed by atoms with van der Waals surface area (Å²) in [5, 5.41) is 9.73. The number of hydrogen-bond donors (Lipinski definition) is 3. The Balaban J connectivity index is 2.73. The fraction of sp³-hybridized carbons (Fsp3) is 0.111. The fourth-order valence-corrected chi connectivity index (χ4v) is 1.33. The minimum absolute atomic E-state index is 0.713. The van der Waals surface area contributed by atoms with Crippen molar-refractivity contribution in [2.24, 2.45) is 0 Å². The maximum atomic E-state index is 8.72. The third-order valence-corrected chi connectivity index (χ3v) is 1.96. The van der Waals surface area contributed by atoms with Gasteiger partial charge in [-0.2, -0.15) is 0 Å². The van der Waals surface area contributed by atoms with Crippen LogP contribution in [0.3, 0.4) is 0 Å². The molecule has 2 rings (SSSR count). The molecule has 0 aliphatic heterocycles. The lowest BCUT2D eigenvalue weighted by molar-refractivity contribution is 0.390. The first-order valence-corrected chi connectivity index (χ1v) is 3.79. The first kappa shape index (κ1) is 7.18. The molecular weight excluding hydrogens is 152 g/mol. The van der Waals surface area contributed by atoms with Crippen molar-refractivity contribution in [3.63, 3.8) is 0 Å². The number of nitrogens with one attached hydrogen (secondary N) is 2. The summed E-state index contributed by atoms with van der Waals surface area (Å²) in [5.74, 6) is 0. The van der Waals surface area contributed by atoms with Gasteiger partial charge < -0.3 is 4.98 Å². The molecule has 3 N–H and O–H groups in total. The number of fused-ring (bicyclic) bond motifs is 1. The summed E-state index contributed by atoms with van der Waals surface area (Å²) in [5.41, 5.74) is 5.09. The van der Waals surface area contributed by atoms with Crippen molar-refractivity contribution in [2.45, 2.75) is 6.92 Å². The Morgan fingerprint density at radius 3 is 3.00 bits per heavy atom. The van der Waals surface area contributed by atoms with E-state index < -0.39 is 0 Å². The topological polar surface area (TPSA) is 48.0 Å². The minimum atomic E-state index is 0.713. The van der Waals surface area contributed by atoms with Gasteiger partial charge in [0.15, 0.2) is 0 Å². The average molecular weight is 162 g/mol. The average Bonchev–Trinajstić information content (AvgIpc) is 2.46. The highest BCUT2D eigenvalue weighted by molar-refractivity contribution is 5.92. The van der Waals surface area contributed by atoms with Gasteiger partial charge in [0.05, 0.1) is 5.69 Å². The maximum absolute atomic E-state index is 8.72. The summed E-state index contributed by atoms with van der Waals surface area (Å²) in [7, 11) is 0. The fourth-order valence-electron chi connectivity index (χ4n) is 1.33. The number of anilines is 1. The monoisotopic (exact) mass is 162 g/mol. The zero-order chi connectivity index (χ0) is 8.55. The Hall–Kier alpha value is -1.48. The van der Waals surface area contributed by atoms with Crippen LogP contribution < -0.4 is 5.48 Å². The van der Waals surface area contributed by atoms with Crippen LogP contribution in [-0.2, 0) is 0 Å². The zero-order valence-electron chi connectivity index (χ0n) is 6.76. The van der Waals surface area contributed by atoms with Crippen molar-refractivity contribution in [3.8, 4) is 0 Å². The van der Waals surface area contributed by atoms with E-state index in [0.29, 0.717) is 5.69 Å². The number of benzene rings is 1. The molecule has 3 heteroatoms. The molecule has 1 heterocycles. The van der Waals surface area contributed by atoms with Gasteiger partial charge in [-0.15, -0.1) is 0 Å². The standard InChI is InChI=1S/C9H10N2O/c1-6-2-3-7-8(4-6)10-5-9(7)11-12/h2-5,10-12H,1H3. The van der Waals surface area contributed by atoms with E-state index in [1.54, 1.807) is 6.20 Å². The number of aromatic amines is 1. The Morgan fingerprint density at radius 2 is 2.25 bits per heavy atom. The Labute approximate surface area is 70.0 Å². The van der Waals surface area contributed by atoms with Gasteiger partial charge in [0.2, 0.25) is 0 Å². The molecule has 0 aliphatic carbocycles. The second-order valence-corrected chi connectivity index (χ2v) is 2.86. The predicted molar refractivity (Wildman–Crippen MR) is 48.4 cm³/mol. The molecule has 0 saturated heterocycles. The van der Waals surface area contributed by atoms with E-state index in [1.165, 1.54) is 5.56 Å². The van der Waals surface area contributed by atoms with Gasteiger partial charge in [0, 0.05) is 17.1 Å². The highest BCUT2D eigenvalue weighted by Gasteiger charge is 2.00. The van der Waals surface area contributed by atoms with Crippen molar-refractivity contribution in [1.82, 2.24) is 4.98 Å². The Morgan fingerprint density at radius 1 is 1.42 bits per heavy atom. The molecular formula is C9H10N2O. The number of aromatic nitrogens is 1. The molecule has 0 bridgehead atoms. The van der Waals surface area contributed by atoms with Crippen LogP contribution in [0.25, 0.3) is 10.9 Å². The summed E-state index contributed by atoms with van der Waals surface area (Å²) >= 11 is 0. The zero-order valence-corrected chi connectivity index (χ0v) is 6.76. The molecule has 0 spiro atoms. The first-order valence-electron chi connectivity index (χ1n) is 3.79. The van der Waals surface area contributed by atoms with E-state index >= 15 is 0 Å². The van der Waals surface area contributed by atoms with Crippen LogP contribution in [0.5, 0.6) is 0 Å². The molecule has 0 unspecified atom stereocenters. The van der Waals surface area contributed by atoms with Gasteiger partial charge in [-0.1, -0.05) is 12.1 Å². The van der Waals surface area contributed by atoms with Gasteiger partial charge >= 0.3 is 0 Å². The van der Waals surface area contributed by atoms with Crippen LogP contribution in [-0.4, -0.2) is 10.2 Å². The van der Waals surface area contributed by atoms with Gasteiger partial charge in [-0.25, -0.2) is 0 Å². The number of hydrogen-bond acceptors (Lipinski definition) is 2. The van der Waals surface area contributed by atoms with E-state index in [4.69, 9.17) is 5.21 Å². The van der Waals surface area contributed by atoms with Crippen molar-refractivity contribution in [1.29, 1.82) is 0 Å². The summed E-state index contributed by atoms with van der Waals surface area (Å²) in [4.78, 5) is 3.06. The van der Waals surface area contributed by atoms with Gasteiger partial charge in [-0.05, 0) is 18.6 Å². The second-order valence-electron chi connectivity index (χ2n) is 2.86. The molecule has 62 valence electrons. The molecule has 0 fully saturated rings. The molecule has 12 heavy (non-hydrogen) atoms. The van der Waals surface area contributed by atoms with Crippen molar-refractivity contribution >= 4 is 16.6 Å². The van der Waals surface area contributed by atoms with Crippen LogP contribution >= 0.6 is 0 Å². The van der Waals surface area contributed by atoms with Crippen LogP contribution in [0.2, 0.25) is 0 Å². The van der Waals surface area contributed by atoms with Gasteiger partial charge in [0.1, 0.15) is 0 Å². The van der Waals surface area contributed by atoms with E-state index in [0.717, 1.165) is 10.9 Å². The molecule has 1 aromatic carbocycles. The third kappa shape index (κ3) is 0.950. The van der Waals surface area contributed by atoms with E-state index in [9.17, 15) is 0 Å². The number of rotatable bonds is 1. The molecule has 1 aromatic heterocycles. The lowest BCUT2D eigenvalue weighted by Crippen LogP contribution is -1.85. The maximum Gasteiger partial charge on any atom is 0.0855 e. The number of H-pyrrole nitrogens is 1. The van der Waals surface area contributed by atoms with Gasteiger partial charge in [0.25, 0.3) is 0 Å². The predicted octanol–water partition coefficient (Wildman–Crippen LogP) is 2.28. The number of aryl methyl sites for hydroxylation is 1. The molecule has 0 saturated carbocycles. The highest BCUT2D eigenvalue weighted by Crippen LogP contribution is 2.22. The first-order chi connectivity index (χ1) is 5.81. The summed E-state index contributed by atoms with van der Waals surface area (Å²) in [6.45, 7) is 2.03. The third-order valence-electron chi connectivity index (χ3n) is 1.96. The summed E-state index contributed by atoms with van der Waals surface area (Å²) in [6, 6.07) is 6.02. The summed E-state index contributed by atoms with van der Waals surface area (Å²) in [6.07, 6.45) is 1.74. The largest absolute Gasteiger partial charge is 0.359 e. The molecule has 2 aromatic rings. The van der Waals surface area contributed by atoms with Crippen molar-refractivity contribution in [2.75, 3.05) is 5.48 Å². The normalized spacial score (nSPS) is 10.5. The van der Waals surface area contributed by atoms with Crippen molar-refractivity contribution < 1.29 is 5.21 Å². The van der Waals surface area contributed by atoms with Crippen molar-refractivity contribution in [3.05, 3.63) is 30.0 Å². The SMILES string of the molecule is Cc1ccc2c(NO)c[nH]c2c1. The van der Waals surface area contributed by atoms with Crippen LogP contribution in [0.15, 0.2) is 24.4 Å². The lowest BCUT2D eigenvalue weighted by atomic mass is 10.2. The van der Waals surface area contributed by atoms with Crippen LogP contribution in [0.1, 0.15) is 5.56 Å². The summed E-state index contributed by atoms with van der Waals surface area (Å²) < 4.78 is 0. The molecule has 0 aliphatic rings. The second kappa shape index (κ2) is 2.53. The smallest absolute Gasteiger partial charge is 0.0855 e. The Kier molecular flexibility index (Phi) is 1.52. The van der Waals surface area contributed by atoms with E-state index in [1.807, 2.05) is 25.1 Å².